The Kier molecular flexibility index (Phi) is 0.693. The summed E-state index contributed by atoms with van der Waals surface area (Å²) in [5.74, 6) is 0.274. The van der Waals surface area contributed by atoms with Gasteiger partial charge in [-0.15, -0.1) is 0 Å². The molecule has 0 saturated carbocycles. The second-order valence-corrected chi connectivity index (χ2v) is 1.54. The average molecular weight is 127 g/mol. The number of anilines is 1. The molecule has 0 amide bonds. The molecule has 0 aliphatic heterocycles. The highest BCUT2D eigenvalue weighted by atomic mass is 16.5. The Morgan fingerprint density at radius 2 is 2.56 bits per heavy atom. The number of nitrogens with two attached hydrogens (primary N) is 1. The highest BCUT2D eigenvalue weighted by Gasteiger charge is 1.85. The SMILES string of the molecule is [2H]c1c(OC)ccc(N([2H])[2H])c1[2H]. The molecule has 0 aliphatic rings. The number of nitrogen functional groups attached to an aromatic ring is 1. The van der Waals surface area contributed by atoms with Crippen LogP contribution >= 0.6 is 0 Å². The quantitative estimate of drug-likeness (QED) is 0.607. The number of ether oxygens (including phenoxy) is 1. The third-order valence-corrected chi connectivity index (χ3v) is 0.926. The van der Waals surface area contributed by atoms with Gasteiger partial charge in [-0.25, -0.2) is 0 Å². The first kappa shape index (κ1) is 2.60. The summed E-state index contributed by atoms with van der Waals surface area (Å²) in [4.78, 5) is 0. The van der Waals surface area contributed by atoms with Gasteiger partial charge in [0, 0.05) is 5.69 Å². The smallest absolute Gasteiger partial charge is 0.156 e. The lowest BCUT2D eigenvalue weighted by Crippen LogP contribution is -1.84. The molecular weight excluding hydrogens is 114 g/mol. The fourth-order valence-corrected chi connectivity index (χ4v) is 0.483. The molecule has 0 aromatic heterocycles. The van der Waals surface area contributed by atoms with Crippen molar-refractivity contribution in [1.82, 2.24) is 0 Å². The van der Waals surface area contributed by atoms with E-state index in [1.54, 1.807) is 0 Å². The minimum Gasteiger partial charge on any atom is -0.497 e. The molecular formula is C7H9NO. The van der Waals surface area contributed by atoms with Crippen LogP contribution in [-0.4, -0.2) is 7.11 Å². The fraction of sp³-hybridized carbons (Fsp3) is 0.143. The number of benzene rings is 1. The summed E-state index contributed by atoms with van der Waals surface area (Å²) in [6.45, 7) is 0. The van der Waals surface area contributed by atoms with Crippen LogP contribution in [0.3, 0.4) is 0 Å². The molecule has 48 valence electrons. The zero-order valence-corrected chi connectivity index (χ0v) is 5.01. The van der Waals surface area contributed by atoms with E-state index < -0.39 is 0 Å². The van der Waals surface area contributed by atoms with Crippen molar-refractivity contribution >= 4 is 5.69 Å². The monoisotopic (exact) mass is 127 g/mol. The molecule has 2 nitrogen and oxygen atoms in total. The minimum absolute atomic E-state index is 0.0609. The molecule has 0 heterocycles. The predicted octanol–water partition coefficient (Wildman–Crippen LogP) is 1.28. The number of hydrogen-bond donors (Lipinski definition) is 1. The normalized spacial score (nSPS) is 14.8. The highest BCUT2D eigenvalue weighted by molar-refractivity contribution is 5.41. The molecule has 2 heteroatoms. The molecule has 0 bridgehead atoms. The number of hydrogen-bond acceptors (Lipinski definition) is 2. The summed E-state index contributed by atoms with van der Waals surface area (Å²) < 4.78 is 33.5. The number of rotatable bonds is 2. The molecule has 2 N–H and O–H groups in total. The zero-order chi connectivity index (χ0) is 10.0. The lowest BCUT2D eigenvalue weighted by atomic mass is 10.3. The standard InChI is InChI=1S/C7H9NO/c1-9-7-4-2-6(8)3-5-7/h2-5H,8H2,1H3/i2D,4D/hD2. The summed E-state index contributed by atoms with van der Waals surface area (Å²) in [6.07, 6.45) is 0. The Morgan fingerprint density at radius 3 is 3.22 bits per heavy atom. The van der Waals surface area contributed by atoms with Gasteiger partial charge in [0.25, 0.3) is 0 Å². The van der Waals surface area contributed by atoms with Crippen LogP contribution in [0.2, 0.25) is 2.82 Å². The summed E-state index contributed by atoms with van der Waals surface area (Å²) in [6, 6.07) is 2.58. The van der Waals surface area contributed by atoms with E-state index in [1.165, 1.54) is 19.2 Å². The second kappa shape index (κ2) is 2.40. The number of methoxy groups -OCH3 is 1. The second-order valence-electron chi connectivity index (χ2n) is 1.54. The van der Waals surface area contributed by atoms with E-state index in [0.717, 1.165) is 0 Å². The van der Waals surface area contributed by atoms with Crippen LogP contribution in [0.15, 0.2) is 24.2 Å². The van der Waals surface area contributed by atoms with Crippen molar-refractivity contribution in [3.8, 4) is 5.75 Å². The van der Waals surface area contributed by atoms with Crippen LogP contribution in [0.1, 0.15) is 2.74 Å². The maximum Gasteiger partial charge on any atom is 0.156 e. The molecule has 0 atom stereocenters. The Bertz CT molecular complexity index is 316. The maximum absolute atomic E-state index is 7.42. The Labute approximate surface area is 60.0 Å². The Hall–Kier alpha value is -1.18. The Morgan fingerprint density at radius 1 is 1.67 bits per heavy atom. The first-order chi connectivity index (χ1) is 6.07. The molecule has 0 aliphatic carbocycles. The van der Waals surface area contributed by atoms with Crippen LogP contribution in [0.25, 0.3) is 0 Å². The topological polar surface area (TPSA) is 35.2 Å². The molecule has 1 aromatic rings. The maximum atomic E-state index is 7.42. The average Bonchev–Trinajstić information content (AvgIpc) is 2.09. The minimum atomic E-state index is -0.177. The molecule has 1 aromatic carbocycles. The van der Waals surface area contributed by atoms with Crippen molar-refractivity contribution < 1.29 is 10.3 Å². The largest absolute Gasteiger partial charge is 0.497 e. The fourth-order valence-electron chi connectivity index (χ4n) is 0.483. The lowest BCUT2D eigenvalue weighted by Gasteiger charge is -1.97. The molecule has 9 heavy (non-hydrogen) atoms. The zero-order valence-electron chi connectivity index (χ0n) is 9.01. The van der Waals surface area contributed by atoms with Gasteiger partial charge in [-0.05, 0) is 24.2 Å². The van der Waals surface area contributed by atoms with E-state index in [2.05, 4.69) is 0 Å². The van der Waals surface area contributed by atoms with Gasteiger partial charge < -0.3 is 10.5 Å². The van der Waals surface area contributed by atoms with Crippen LogP contribution in [-0.2, 0) is 0 Å². The molecule has 0 spiro atoms. The van der Waals surface area contributed by atoms with Gasteiger partial charge in [-0.3, -0.25) is 0 Å². The summed E-state index contributed by atoms with van der Waals surface area (Å²) in [7, 11) is 1.41. The summed E-state index contributed by atoms with van der Waals surface area (Å²) >= 11 is 0. The van der Waals surface area contributed by atoms with Crippen molar-refractivity contribution in [3.63, 3.8) is 0 Å². The Balaban J connectivity index is 3.23. The molecule has 1 rings (SSSR count). The van der Waals surface area contributed by atoms with E-state index in [4.69, 9.17) is 10.3 Å². The van der Waals surface area contributed by atoms with Gasteiger partial charge >= 0.3 is 0 Å². The van der Waals surface area contributed by atoms with Crippen LogP contribution in [0, 0.1) is 0 Å². The third-order valence-electron chi connectivity index (χ3n) is 0.926. The molecule has 0 fully saturated rings. The van der Waals surface area contributed by atoms with Crippen LogP contribution in [0.4, 0.5) is 5.69 Å². The first-order valence-corrected chi connectivity index (χ1v) is 2.50. The molecule has 0 saturated heterocycles. The van der Waals surface area contributed by atoms with Gasteiger partial charge in [0.15, 0.2) is 2.82 Å². The molecule has 0 radical (unpaired) electrons. The summed E-state index contributed by atoms with van der Waals surface area (Å²) in [5.41, 5.74) is 0.366. The van der Waals surface area contributed by atoms with Gasteiger partial charge in [0.1, 0.15) is 5.75 Å². The third kappa shape index (κ3) is 1.35. The predicted molar refractivity (Wildman–Crippen MR) is 37.4 cm³/mol. The van der Waals surface area contributed by atoms with Crippen LogP contribution < -0.4 is 10.5 Å². The van der Waals surface area contributed by atoms with Gasteiger partial charge in [0.05, 0.1) is 9.85 Å². The van der Waals surface area contributed by atoms with Gasteiger partial charge in [-0.2, -0.15) is 0 Å². The van der Waals surface area contributed by atoms with Crippen molar-refractivity contribution in [1.29, 1.82) is 0 Å². The van der Waals surface area contributed by atoms with E-state index in [9.17, 15) is 0 Å². The van der Waals surface area contributed by atoms with Crippen LogP contribution in [0.5, 0.6) is 5.75 Å². The van der Waals surface area contributed by atoms with Crippen molar-refractivity contribution in [2.45, 2.75) is 0 Å². The van der Waals surface area contributed by atoms with E-state index >= 15 is 0 Å². The first-order valence-electron chi connectivity index (χ1n) is 4.39. The van der Waals surface area contributed by atoms with E-state index in [1.807, 2.05) is 0 Å². The lowest BCUT2D eigenvalue weighted by molar-refractivity contribution is 0.415. The van der Waals surface area contributed by atoms with Gasteiger partial charge in [0.2, 0.25) is 0 Å². The van der Waals surface area contributed by atoms with E-state index in [0.29, 0.717) is 5.72 Å². The molecule has 0 unspecified atom stereocenters. The van der Waals surface area contributed by atoms with Gasteiger partial charge in [-0.1, -0.05) is 0 Å². The van der Waals surface area contributed by atoms with Crippen molar-refractivity contribution in [2.24, 2.45) is 0 Å². The summed E-state index contributed by atoms with van der Waals surface area (Å²) in [5, 5.41) is 0. The highest BCUT2D eigenvalue weighted by Crippen LogP contribution is 2.11. The van der Waals surface area contributed by atoms with Crippen molar-refractivity contribution in [3.05, 3.63) is 24.2 Å². The van der Waals surface area contributed by atoms with E-state index in [-0.39, 0.29) is 23.5 Å². The van der Waals surface area contributed by atoms with Crippen molar-refractivity contribution in [2.75, 3.05) is 12.8 Å².